The van der Waals surface area contributed by atoms with E-state index in [4.69, 9.17) is 5.11 Å². The summed E-state index contributed by atoms with van der Waals surface area (Å²) in [6, 6.07) is 8.36. The zero-order chi connectivity index (χ0) is 13.7. The Bertz CT molecular complexity index is 430. The molecule has 1 amide bonds. The third-order valence-corrected chi connectivity index (χ3v) is 3.50. The Hall–Kier alpha value is -1.39. The number of carbonyl (C=O) groups excluding carboxylic acids is 1. The Balaban J connectivity index is 1.79. The van der Waals surface area contributed by atoms with Gasteiger partial charge in [-0.25, -0.2) is 0 Å². The van der Waals surface area contributed by atoms with Crippen molar-refractivity contribution in [3.05, 3.63) is 29.8 Å². The van der Waals surface area contributed by atoms with Crippen molar-refractivity contribution in [2.75, 3.05) is 25.0 Å². The van der Waals surface area contributed by atoms with E-state index in [1.54, 1.807) is 0 Å². The predicted octanol–water partition coefficient (Wildman–Crippen LogP) is 1.78. The van der Waals surface area contributed by atoms with E-state index in [1.807, 2.05) is 31.2 Å². The largest absolute Gasteiger partial charge is 0.395 e. The number of aryl methyl sites for hydroxylation is 1. The number of carbonyl (C=O) groups is 1. The molecule has 0 aliphatic heterocycles. The van der Waals surface area contributed by atoms with E-state index >= 15 is 0 Å². The van der Waals surface area contributed by atoms with Gasteiger partial charge in [0, 0.05) is 31.2 Å². The Morgan fingerprint density at radius 3 is 2.74 bits per heavy atom. The average Bonchev–Trinajstić information content (AvgIpc) is 3.21. The van der Waals surface area contributed by atoms with Crippen LogP contribution in [-0.2, 0) is 4.79 Å². The highest BCUT2D eigenvalue weighted by atomic mass is 16.3. The van der Waals surface area contributed by atoms with Crippen molar-refractivity contribution in [1.82, 2.24) is 4.90 Å². The first-order valence-corrected chi connectivity index (χ1v) is 6.91. The van der Waals surface area contributed by atoms with E-state index in [9.17, 15) is 4.79 Å². The first kappa shape index (κ1) is 14.0. The summed E-state index contributed by atoms with van der Waals surface area (Å²) >= 11 is 0. The van der Waals surface area contributed by atoms with E-state index in [-0.39, 0.29) is 12.5 Å². The van der Waals surface area contributed by atoms with Crippen molar-refractivity contribution in [2.24, 2.45) is 0 Å². The summed E-state index contributed by atoms with van der Waals surface area (Å²) in [5.41, 5.74) is 1.96. The summed E-state index contributed by atoms with van der Waals surface area (Å²) < 4.78 is 0. The fraction of sp³-hybridized carbons (Fsp3) is 0.533. The third-order valence-electron chi connectivity index (χ3n) is 3.50. The van der Waals surface area contributed by atoms with Crippen LogP contribution >= 0.6 is 0 Å². The zero-order valence-corrected chi connectivity index (χ0v) is 11.4. The number of anilines is 1. The fourth-order valence-electron chi connectivity index (χ4n) is 2.22. The molecule has 0 spiro atoms. The number of amides is 1. The Morgan fingerprint density at radius 1 is 1.37 bits per heavy atom. The van der Waals surface area contributed by atoms with Gasteiger partial charge in [-0.05, 0) is 31.4 Å². The van der Waals surface area contributed by atoms with Crippen molar-refractivity contribution in [3.8, 4) is 0 Å². The highest BCUT2D eigenvalue weighted by Crippen LogP contribution is 2.26. The fourth-order valence-corrected chi connectivity index (χ4v) is 2.22. The van der Waals surface area contributed by atoms with Crippen LogP contribution in [0.4, 0.5) is 5.69 Å². The molecule has 1 saturated carbocycles. The molecule has 0 atom stereocenters. The summed E-state index contributed by atoms with van der Waals surface area (Å²) in [6.45, 7) is 3.54. The molecule has 1 aromatic carbocycles. The van der Waals surface area contributed by atoms with Gasteiger partial charge in [-0.15, -0.1) is 0 Å². The molecule has 0 radical (unpaired) electrons. The number of aliphatic hydroxyl groups is 1. The lowest BCUT2D eigenvalue weighted by atomic mass is 10.2. The Labute approximate surface area is 114 Å². The normalized spacial score (nSPS) is 14.7. The first-order valence-electron chi connectivity index (χ1n) is 6.91. The van der Waals surface area contributed by atoms with Gasteiger partial charge in [-0.2, -0.15) is 0 Å². The second-order valence-electron chi connectivity index (χ2n) is 5.10. The number of rotatable bonds is 7. The number of benzene rings is 1. The molecule has 0 bridgehead atoms. The van der Waals surface area contributed by atoms with Crippen molar-refractivity contribution in [3.63, 3.8) is 0 Å². The minimum absolute atomic E-state index is 0.0397. The van der Waals surface area contributed by atoms with Crippen molar-refractivity contribution in [1.29, 1.82) is 0 Å². The monoisotopic (exact) mass is 262 g/mol. The van der Waals surface area contributed by atoms with Crippen LogP contribution < -0.4 is 5.32 Å². The minimum atomic E-state index is 0.0397. The van der Waals surface area contributed by atoms with Gasteiger partial charge in [-0.3, -0.25) is 9.69 Å². The van der Waals surface area contributed by atoms with Crippen LogP contribution in [-0.4, -0.2) is 41.7 Å². The van der Waals surface area contributed by atoms with Crippen LogP contribution in [0, 0.1) is 6.92 Å². The summed E-state index contributed by atoms with van der Waals surface area (Å²) in [6.07, 6.45) is 2.86. The standard InChI is InChI=1S/C15H22N2O2/c1-12-4-2-3-5-14(12)16-15(19)8-9-17(10-11-18)13-6-7-13/h2-5,13,18H,6-11H2,1H3,(H,16,19). The molecule has 1 aliphatic rings. The Kier molecular flexibility index (Phi) is 4.93. The molecule has 0 heterocycles. The van der Waals surface area contributed by atoms with E-state index in [1.165, 1.54) is 12.8 Å². The highest BCUT2D eigenvalue weighted by molar-refractivity contribution is 5.91. The smallest absolute Gasteiger partial charge is 0.225 e. The maximum absolute atomic E-state index is 11.9. The molecule has 0 saturated heterocycles. The second kappa shape index (κ2) is 6.68. The third kappa shape index (κ3) is 4.33. The molecule has 104 valence electrons. The molecule has 19 heavy (non-hydrogen) atoms. The van der Waals surface area contributed by atoms with Crippen LogP contribution in [0.1, 0.15) is 24.8 Å². The molecule has 2 N–H and O–H groups in total. The molecular weight excluding hydrogens is 240 g/mol. The van der Waals surface area contributed by atoms with Crippen LogP contribution in [0.2, 0.25) is 0 Å². The SMILES string of the molecule is Cc1ccccc1NC(=O)CCN(CCO)C1CC1. The van der Waals surface area contributed by atoms with Crippen LogP contribution in [0.25, 0.3) is 0 Å². The van der Waals surface area contributed by atoms with Crippen molar-refractivity contribution >= 4 is 11.6 Å². The molecule has 4 nitrogen and oxygen atoms in total. The number of nitrogens with zero attached hydrogens (tertiary/aromatic N) is 1. The first-order chi connectivity index (χ1) is 9.20. The lowest BCUT2D eigenvalue weighted by Crippen LogP contribution is -2.32. The minimum Gasteiger partial charge on any atom is -0.395 e. The number of hydrogen-bond acceptors (Lipinski definition) is 3. The molecule has 0 unspecified atom stereocenters. The maximum atomic E-state index is 11.9. The van der Waals surface area contributed by atoms with Gasteiger partial charge in [0.2, 0.25) is 5.91 Å². The molecule has 1 fully saturated rings. The molecular formula is C15H22N2O2. The molecule has 2 rings (SSSR count). The molecule has 1 aromatic rings. The van der Waals surface area contributed by atoms with Gasteiger partial charge in [0.05, 0.1) is 6.61 Å². The number of hydrogen-bond donors (Lipinski definition) is 2. The van der Waals surface area contributed by atoms with Gasteiger partial charge in [0.15, 0.2) is 0 Å². The Morgan fingerprint density at radius 2 is 2.11 bits per heavy atom. The summed E-state index contributed by atoms with van der Waals surface area (Å²) in [4.78, 5) is 14.1. The van der Waals surface area contributed by atoms with Crippen molar-refractivity contribution in [2.45, 2.75) is 32.2 Å². The van der Waals surface area contributed by atoms with E-state index in [0.717, 1.165) is 17.8 Å². The molecule has 4 heteroatoms. The number of aliphatic hydroxyl groups excluding tert-OH is 1. The molecule has 0 aromatic heterocycles. The zero-order valence-electron chi connectivity index (χ0n) is 11.4. The lowest BCUT2D eigenvalue weighted by Gasteiger charge is -2.20. The van der Waals surface area contributed by atoms with Crippen LogP contribution in [0.3, 0.4) is 0 Å². The summed E-state index contributed by atoms with van der Waals surface area (Å²) in [5, 5.41) is 11.9. The van der Waals surface area contributed by atoms with Gasteiger partial charge in [0.1, 0.15) is 0 Å². The number of nitrogens with one attached hydrogen (secondary N) is 1. The molecule has 1 aliphatic carbocycles. The van der Waals surface area contributed by atoms with Gasteiger partial charge in [0.25, 0.3) is 0 Å². The summed E-state index contributed by atoms with van der Waals surface area (Å²) in [5.74, 6) is 0.0397. The van der Waals surface area contributed by atoms with Gasteiger partial charge < -0.3 is 10.4 Å². The second-order valence-corrected chi connectivity index (χ2v) is 5.10. The van der Waals surface area contributed by atoms with Crippen LogP contribution in [0.15, 0.2) is 24.3 Å². The van der Waals surface area contributed by atoms with Gasteiger partial charge in [-0.1, -0.05) is 18.2 Å². The van der Waals surface area contributed by atoms with E-state index in [2.05, 4.69) is 10.2 Å². The topological polar surface area (TPSA) is 52.6 Å². The van der Waals surface area contributed by atoms with E-state index < -0.39 is 0 Å². The van der Waals surface area contributed by atoms with E-state index in [0.29, 0.717) is 19.0 Å². The highest BCUT2D eigenvalue weighted by Gasteiger charge is 2.28. The number of para-hydroxylation sites is 1. The quantitative estimate of drug-likeness (QED) is 0.787. The van der Waals surface area contributed by atoms with Gasteiger partial charge >= 0.3 is 0 Å². The van der Waals surface area contributed by atoms with Crippen molar-refractivity contribution < 1.29 is 9.90 Å². The summed E-state index contributed by atoms with van der Waals surface area (Å²) in [7, 11) is 0. The predicted molar refractivity (Wildman–Crippen MR) is 76.1 cm³/mol. The lowest BCUT2D eigenvalue weighted by molar-refractivity contribution is -0.116. The average molecular weight is 262 g/mol. The van der Waals surface area contributed by atoms with Crippen LogP contribution in [0.5, 0.6) is 0 Å². The maximum Gasteiger partial charge on any atom is 0.225 e.